The van der Waals surface area contributed by atoms with Gasteiger partial charge in [0, 0.05) is 19.0 Å². The summed E-state index contributed by atoms with van der Waals surface area (Å²) in [5.74, 6) is 1.13. The van der Waals surface area contributed by atoms with Crippen LogP contribution in [0.4, 0.5) is 0 Å². The molecule has 4 nitrogen and oxygen atoms in total. The maximum Gasteiger partial charge on any atom is 0.221 e. The summed E-state index contributed by atoms with van der Waals surface area (Å²) in [4.78, 5) is 14.2. The summed E-state index contributed by atoms with van der Waals surface area (Å²) < 4.78 is 0. The largest absolute Gasteiger partial charge is 0.356 e. The highest BCUT2D eigenvalue weighted by Crippen LogP contribution is 2.24. The molecule has 0 bridgehead atoms. The smallest absolute Gasteiger partial charge is 0.221 e. The van der Waals surface area contributed by atoms with Gasteiger partial charge in [-0.15, -0.1) is 0 Å². The van der Waals surface area contributed by atoms with Gasteiger partial charge < -0.3 is 10.6 Å². The van der Waals surface area contributed by atoms with E-state index < -0.39 is 0 Å². The highest BCUT2D eigenvalue weighted by molar-refractivity contribution is 5.76. The maximum absolute atomic E-state index is 11.6. The third-order valence-electron chi connectivity index (χ3n) is 4.43. The Labute approximate surface area is 110 Å². The summed E-state index contributed by atoms with van der Waals surface area (Å²) in [6.07, 6.45) is 6.94. The van der Waals surface area contributed by atoms with Gasteiger partial charge in [0.25, 0.3) is 0 Å². The molecule has 2 fully saturated rings. The minimum atomic E-state index is 0.245. The molecule has 0 aromatic carbocycles. The molecule has 2 heterocycles. The van der Waals surface area contributed by atoms with Crippen molar-refractivity contribution in [1.82, 2.24) is 15.5 Å². The number of nitrogens with zero attached hydrogens (tertiary/aromatic N) is 1. The number of rotatable bonds is 4. The Kier molecular flexibility index (Phi) is 5.45. The first-order valence-corrected chi connectivity index (χ1v) is 7.45. The lowest BCUT2D eigenvalue weighted by Crippen LogP contribution is -2.42. The summed E-state index contributed by atoms with van der Waals surface area (Å²) in [5.41, 5.74) is 0. The summed E-state index contributed by atoms with van der Waals surface area (Å²) in [7, 11) is 2.03. The van der Waals surface area contributed by atoms with Crippen molar-refractivity contribution >= 4 is 5.91 Å². The third-order valence-corrected chi connectivity index (χ3v) is 4.43. The van der Waals surface area contributed by atoms with Crippen LogP contribution in [0.25, 0.3) is 0 Å². The van der Waals surface area contributed by atoms with Crippen LogP contribution in [0.15, 0.2) is 0 Å². The van der Waals surface area contributed by atoms with Gasteiger partial charge in [0.1, 0.15) is 0 Å². The highest BCUT2D eigenvalue weighted by Gasteiger charge is 2.27. The number of likely N-dealkylation sites (tertiary alicyclic amines) is 1. The van der Waals surface area contributed by atoms with Crippen LogP contribution in [0.2, 0.25) is 0 Å². The van der Waals surface area contributed by atoms with Crippen molar-refractivity contribution in [2.45, 2.75) is 44.6 Å². The standard InChI is InChI=1S/C14H27N3O/c1-15-8-4-12-5-9-17(10-6-12)13-3-2-7-16-14(18)11-13/h12-13,15H,2-11H2,1H3,(H,16,18). The first kappa shape index (κ1) is 13.8. The van der Waals surface area contributed by atoms with Gasteiger partial charge >= 0.3 is 0 Å². The van der Waals surface area contributed by atoms with Crippen LogP contribution >= 0.6 is 0 Å². The molecule has 0 aromatic heterocycles. The van der Waals surface area contributed by atoms with Gasteiger partial charge in [0.2, 0.25) is 5.91 Å². The number of hydrogen-bond acceptors (Lipinski definition) is 3. The van der Waals surface area contributed by atoms with E-state index in [1.165, 1.54) is 38.8 Å². The van der Waals surface area contributed by atoms with Crippen molar-refractivity contribution in [2.75, 3.05) is 33.2 Å². The van der Waals surface area contributed by atoms with E-state index in [9.17, 15) is 4.79 Å². The van der Waals surface area contributed by atoms with E-state index >= 15 is 0 Å². The van der Waals surface area contributed by atoms with Gasteiger partial charge in [-0.25, -0.2) is 0 Å². The maximum atomic E-state index is 11.6. The molecule has 18 heavy (non-hydrogen) atoms. The average molecular weight is 253 g/mol. The van der Waals surface area contributed by atoms with E-state index in [0.29, 0.717) is 12.5 Å². The number of nitrogens with one attached hydrogen (secondary N) is 2. The van der Waals surface area contributed by atoms with Crippen LogP contribution in [0.5, 0.6) is 0 Å². The molecule has 2 rings (SSSR count). The summed E-state index contributed by atoms with van der Waals surface area (Å²) in [6, 6.07) is 0.498. The first-order chi connectivity index (χ1) is 8.79. The van der Waals surface area contributed by atoms with E-state index in [0.717, 1.165) is 25.4 Å². The lowest BCUT2D eigenvalue weighted by Gasteiger charge is -2.37. The minimum Gasteiger partial charge on any atom is -0.356 e. The number of hydrogen-bond donors (Lipinski definition) is 2. The number of carbonyl (C=O) groups excluding carboxylic acids is 1. The van der Waals surface area contributed by atoms with Crippen molar-refractivity contribution in [3.8, 4) is 0 Å². The Morgan fingerprint density at radius 3 is 2.83 bits per heavy atom. The lowest BCUT2D eigenvalue weighted by atomic mass is 9.91. The molecule has 0 spiro atoms. The van der Waals surface area contributed by atoms with E-state index in [2.05, 4.69) is 15.5 Å². The molecule has 2 aliphatic rings. The fourth-order valence-electron chi connectivity index (χ4n) is 3.22. The predicted octanol–water partition coefficient (Wildman–Crippen LogP) is 0.977. The molecule has 104 valence electrons. The van der Waals surface area contributed by atoms with Crippen molar-refractivity contribution in [3.63, 3.8) is 0 Å². The molecule has 1 amide bonds. The monoisotopic (exact) mass is 253 g/mol. The molecule has 1 unspecified atom stereocenters. The lowest BCUT2D eigenvalue weighted by molar-refractivity contribution is -0.121. The van der Waals surface area contributed by atoms with Gasteiger partial charge in [-0.05, 0) is 64.7 Å². The molecule has 4 heteroatoms. The molecule has 0 aliphatic carbocycles. The topological polar surface area (TPSA) is 44.4 Å². The Hall–Kier alpha value is -0.610. The number of amides is 1. The Balaban J connectivity index is 1.76. The van der Waals surface area contributed by atoms with E-state index in [1.54, 1.807) is 0 Å². The third kappa shape index (κ3) is 3.95. The van der Waals surface area contributed by atoms with Crippen molar-refractivity contribution in [2.24, 2.45) is 5.92 Å². The van der Waals surface area contributed by atoms with Crippen LogP contribution in [0, 0.1) is 5.92 Å². The fourth-order valence-corrected chi connectivity index (χ4v) is 3.22. The summed E-state index contributed by atoms with van der Waals surface area (Å²) in [6.45, 7) is 4.38. The van der Waals surface area contributed by atoms with E-state index in [-0.39, 0.29) is 5.91 Å². The molecular formula is C14H27N3O. The zero-order chi connectivity index (χ0) is 12.8. The molecule has 0 saturated carbocycles. The van der Waals surface area contributed by atoms with Crippen LogP contribution in [-0.4, -0.2) is 50.1 Å². The van der Waals surface area contributed by atoms with Gasteiger partial charge in [0.15, 0.2) is 0 Å². The van der Waals surface area contributed by atoms with Gasteiger partial charge in [0.05, 0.1) is 0 Å². The SMILES string of the molecule is CNCCC1CCN(C2CCCNC(=O)C2)CC1. The van der Waals surface area contributed by atoms with E-state index in [1.807, 2.05) is 7.05 Å². The van der Waals surface area contributed by atoms with Crippen molar-refractivity contribution in [1.29, 1.82) is 0 Å². The van der Waals surface area contributed by atoms with Crippen LogP contribution in [0.3, 0.4) is 0 Å². The second kappa shape index (κ2) is 7.10. The van der Waals surface area contributed by atoms with Crippen molar-refractivity contribution in [3.05, 3.63) is 0 Å². The van der Waals surface area contributed by atoms with Crippen LogP contribution in [-0.2, 0) is 4.79 Å². The zero-order valence-corrected chi connectivity index (χ0v) is 11.6. The van der Waals surface area contributed by atoms with E-state index in [4.69, 9.17) is 0 Å². The molecule has 1 atom stereocenters. The molecular weight excluding hydrogens is 226 g/mol. The second-order valence-corrected chi connectivity index (χ2v) is 5.72. The number of carbonyl (C=O) groups is 1. The van der Waals surface area contributed by atoms with Gasteiger partial charge in [-0.2, -0.15) is 0 Å². The van der Waals surface area contributed by atoms with Crippen LogP contribution < -0.4 is 10.6 Å². The first-order valence-electron chi connectivity index (χ1n) is 7.45. The summed E-state index contributed by atoms with van der Waals surface area (Å²) >= 11 is 0. The quantitative estimate of drug-likeness (QED) is 0.785. The van der Waals surface area contributed by atoms with Crippen molar-refractivity contribution < 1.29 is 4.79 Å². The Morgan fingerprint density at radius 1 is 1.33 bits per heavy atom. The molecule has 2 saturated heterocycles. The number of piperidine rings is 1. The molecule has 2 N–H and O–H groups in total. The second-order valence-electron chi connectivity index (χ2n) is 5.72. The normalized spacial score (nSPS) is 27.8. The fraction of sp³-hybridized carbons (Fsp3) is 0.929. The Bertz CT molecular complexity index is 262. The summed E-state index contributed by atoms with van der Waals surface area (Å²) in [5, 5.41) is 6.21. The molecule has 0 aromatic rings. The zero-order valence-electron chi connectivity index (χ0n) is 11.6. The average Bonchev–Trinajstić information content (AvgIpc) is 2.62. The van der Waals surface area contributed by atoms with Gasteiger partial charge in [-0.1, -0.05) is 0 Å². The Morgan fingerprint density at radius 2 is 2.11 bits per heavy atom. The molecule has 2 aliphatic heterocycles. The molecule has 0 radical (unpaired) electrons. The highest BCUT2D eigenvalue weighted by atomic mass is 16.1. The van der Waals surface area contributed by atoms with Crippen LogP contribution in [0.1, 0.15) is 38.5 Å². The van der Waals surface area contributed by atoms with Gasteiger partial charge in [-0.3, -0.25) is 9.69 Å². The minimum absolute atomic E-state index is 0.245. The predicted molar refractivity (Wildman–Crippen MR) is 73.5 cm³/mol.